The molecule has 0 unspecified atom stereocenters. The molecule has 3 N–H and O–H groups in total. The Morgan fingerprint density at radius 1 is 1.12 bits per heavy atom. The maximum absolute atomic E-state index is 13.9. The van der Waals surface area contributed by atoms with Crippen LogP contribution in [0.5, 0.6) is 5.75 Å². The third-order valence-electron chi connectivity index (χ3n) is 7.74. The van der Waals surface area contributed by atoms with E-state index in [1.54, 1.807) is 0 Å². The molecule has 0 bridgehead atoms. The Hall–Kier alpha value is -3.99. The van der Waals surface area contributed by atoms with Crippen LogP contribution >= 0.6 is 0 Å². The first-order valence-electron chi connectivity index (χ1n) is 13.7. The number of piperazine rings is 1. The van der Waals surface area contributed by atoms with Crippen LogP contribution in [-0.2, 0) is 18.1 Å². The molecule has 218 valence electrons. The summed E-state index contributed by atoms with van der Waals surface area (Å²) in [6, 6.07) is 11.5. The van der Waals surface area contributed by atoms with Crippen LogP contribution < -0.4 is 25.6 Å². The second-order valence-corrected chi connectivity index (χ2v) is 10.9. The fraction of sp³-hybridized carbons (Fsp3) is 0.400. The van der Waals surface area contributed by atoms with Crippen molar-refractivity contribution in [1.82, 2.24) is 14.9 Å². The predicted molar refractivity (Wildman–Crippen MR) is 157 cm³/mol. The van der Waals surface area contributed by atoms with E-state index in [4.69, 9.17) is 4.74 Å². The second-order valence-electron chi connectivity index (χ2n) is 10.9. The summed E-state index contributed by atoms with van der Waals surface area (Å²) in [6.07, 6.45) is -3.82. The van der Waals surface area contributed by atoms with Gasteiger partial charge in [0.25, 0.3) is 0 Å². The number of anilines is 5. The number of likely N-dealkylation sites (N-methyl/N-ethyl adjacent to an activating group) is 1. The molecule has 0 spiro atoms. The third-order valence-corrected chi connectivity index (χ3v) is 7.74. The topological polar surface area (TPSA) is 77.6 Å². The van der Waals surface area contributed by atoms with E-state index >= 15 is 0 Å². The van der Waals surface area contributed by atoms with E-state index in [1.807, 2.05) is 57.2 Å². The lowest BCUT2D eigenvalue weighted by Crippen LogP contribution is -2.44. The number of allylic oxidation sites excluding steroid dienone is 1. The van der Waals surface area contributed by atoms with Crippen molar-refractivity contribution in [2.75, 3.05) is 60.7 Å². The first-order valence-corrected chi connectivity index (χ1v) is 13.7. The first kappa shape index (κ1) is 28.5. The number of nitrogens with zero attached hydrogens (tertiary/aromatic N) is 4. The number of alkyl halides is 3. The third kappa shape index (κ3) is 5.90. The van der Waals surface area contributed by atoms with E-state index in [-0.39, 0.29) is 23.7 Å². The molecule has 0 atom stereocenters. The normalized spacial score (nSPS) is 16.8. The van der Waals surface area contributed by atoms with Crippen LogP contribution in [0.15, 0.2) is 54.9 Å². The van der Waals surface area contributed by atoms with Gasteiger partial charge in [-0.2, -0.15) is 18.2 Å². The molecule has 2 aliphatic heterocycles. The van der Waals surface area contributed by atoms with Crippen LogP contribution in [0.4, 0.5) is 42.0 Å². The molecule has 11 heteroatoms. The summed E-state index contributed by atoms with van der Waals surface area (Å²) in [4.78, 5) is 12.8. The number of aromatic nitrogens is 2. The zero-order chi connectivity index (χ0) is 29.4. The minimum atomic E-state index is -4.63. The first-order chi connectivity index (χ1) is 19.5. The van der Waals surface area contributed by atoms with Gasteiger partial charge in [-0.1, -0.05) is 32.6 Å². The van der Waals surface area contributed by atoms with Crippen LogP contribution in [0.3, 0.4) is 0 Å². The van der Waals surface area contributed by atoms with Crippen LogP contribution in [0.2, 0.25) is 0 Å². The lowest BCUT2D eigenvalue weighted by molar-refractivity contribution is -0.137. The fourth-order valence-electron chi connectivity index (χ4n) is 5.29. The van der Waals surface area contributed by atoms with Crippen LogP contribution in [-0.4, -0.2) is 54.7 Å². The van der Waals surface area contributed by atoms with Crippen molar-refractivity contribution in [1.29, 1.82) is 0 Å². The lowest BCUT2D eigenvalue weighted by atomic mass is 9.81. The van der Waals surface area contributed by atoms with E-state index in [1.165, 1.54) is 0 Å². The molecule has 2 aromatic carbocycles. The Morgan fingerprint density at radius 2 is 1.88 bits per heavy atom. The Labute approximate surface area is 238 Å². The lowest BCUT2D eigenvalue weighted by Gasteiger charge is -2.34. The molecule has 1 saturated heterocycles. The molecule has 0 amide bonds. The van der Waals surface area contributed by atoms with E-state index in [2.05, 4.69) is 49.3 Å². The maximum atomic E-state index is 13.9. The number of rotatable bonds is 8. The van der Waals surface area contributed by atoms with Crippen molar-refractivity contribution >= 4 is 28.8 Å². The van der Waals surface area contributed by atoms with Crippen LogP contribution in [0.1, 0.15) is 37.5 Å². The number of hydrogen-bond donors (Lipinski definition) is 3. The van der Waals surface area contributed by atoms with E-state index in [0.29, 0.717) is 18.0 Å². The quantitative estimate of drug-likeness (QED) is 0.296. The molecular weight excluding hydrogens is 531 g/mol. The van der Waals surface area contributed by atoms with Crippen molar-refractivity contribution in [3.63, 3.8) is 0 Å². The molecule has 2 aliphatic rings. The highest BCUT2D eigenvalue weighted by Gasteiger charge is 2.37. The smallest absolute Gasteiger partial charge is 0.421 e. The summed E-state index contributed by atoms with van der Waals surface area (Å²) in [7, 11) is 2.10. The largest absolute Gasteiger partial charge is 0.492 e. The maximum Gasteiger partial charge on any atom is 0.421 e. The zero-order valence-corrected chi connectivity index (χ0v) is 23.8. The van der Waals surface area contributed by atoms with Gasteiger partial charge in [-0.3, -0.25) is 0 Å². The molecular formula is C30H36F3N7O. The van der Waals surface area contributed by atoms with Gasteiger partial charge in [-0.25, -0.2) is 4.98 Å². The molecule has 0 radical (unpaired) electrons. The monoisotopic (exact) mass is 567 g/mol. The van der Waals surface area contributed by atoms with Gasteiger partial charge in [0.15, 0.2) is 0 Å². The summed E-state index contributed by atoms with van der Waals surface area (Å²) in [5.41, 5.74) is 3.90. The average molecular weight is 568 g/mol. The van der Waals surface area contributed by atoms with Crippen molar-refractivity contribution in [3.05, 3.63) is 71.6 Å². The molecule has 0 saturated carbocycles. The standard InChI is InChI=1S/C30H36F3N7O/c1-6-41-25-16-21(40-14-12-39(5)13-15-40)10-11-23(25)37-28-35-18-22(30(31,32)33)27(38-28)34-17-20-8-7-9-24-26(20)29(3,4)19(2)36-24/h7-11,16,18,36H,2,6,12-15,17H2,1,3-5H3,(H2,34,35,37,38). The van der Waals surface area contributed by atoms with Crippen LogP contribution in [0, 0.1) is 0 Å². The number of benzene rings is 2. The van der Waals surface area contributed by atoms with Gasteiger partial charge < -0.3 is 30.5 Å². The highest BCUT2D eigenvalue weighted by atomic mass is 19.4. The highest BCUT2D eigenvalue weighted by Crippen LogP contribution is 2.44. The van der Waals surface area contributed by atoms with Gasteiger partial charge in [-0.15, -0.1) is 0 Å². The Balaban J connectivity index is 1.41. The van der Waals surface area contributed by atoms with Gasteiger partial charge in [0.1, 0.15) is 17.1 Å². The molecule has 1 aromatic heterocycles. The minimum absolute atomic E-state index is 0.0301. The van der Waals surface area contributed by atoms with E-state index in [9.17, 15) is 13.2 Å². The zero-order valence-electron chi connectivity index (χ0n) is 23.8. The number of hydrogen-bond acceptors (Lipinski definition) is 8. The molecule has 8 nitrogen and oxygen atoms in total. The van der Waals surface area contributed by atoms with Crippen LogP contribution in [0.25, 0.3) is 0 Å². The molecule has 3 heterocycles. The molecule has 0 aliphatic carbocycles. The van der Waals surface area contributed by atoms with E-state index < -0.39 is 11.7 Å². The Bertz CT molecular complexity index is 1430. The number of halogens is 3. The molecule has 3 aromatic rings. The van der Waals surface area contributed by atoms with Crippen molar-refractivity contribution < 1.29 is 17.9 Å². The summed E-state index contributed by atoms with van der Waals surface area (Å²) >= 11 is 0. The number of ether oxygens (including phenoxy) is 1. The summed E-state index contributed by atoms with van der Waals surface area (Å²) in [5, 5.41) is 9.28. The van der Waals surface area contributed by atoms with Crippen molar-refractivity contribution in [3.8, 4) is 5.75 Å². The average Bonchev–Trinajstić information content (AvgIpc) is 3.16. The second kappa shape index (κ2) is 11.1. The minimum Gasteiger partial charge on any atom is -0.492 e. The van der Waals surface area contributed by atoms with Gasteiger partial charge in [-0.05, 0) is 43.3 Å². The summed E-state index contributed by atoms with van der Waals surface area (Å²) in [5.74, 6) is 0.307. The number of nitrogens with one attached hydrogen (secondary N) is 3. The van der Waals surface area contributed by atoms with Gasteiger partial charge in [0.2, 0.25) is 5.95 Å². The predicted octanol–water partition coefficient (Wildman–Crippen LogP) is 6.22. The SMILES string of the molecule is C=C1Nc2cccc(CNc3nc(Nc4ccc(N5CCN(C)CC5)cc4OCC)ncc3C(F)(F)F)c2C1(C)C. The summed E-state index contributed by atoms with van der Waals surface area (Å²) in [6.45, 7) is 14.4. The Morgan fingerprint density at radius 3 is 2.59 bits per heavy atom. The van der Waals surface area contributed by atoms with Crippen molar-refractivity contribution in [2.45, 2.75) is 38.9 Å². The van der Waals surface area contributed by atoms with Gasteiger partial charge >= 0.3 is 6.18 Å². The fourth-order valence-corrected chi connectivity index (χ4v) is 5.29. The molecule has 5 rings (SSSR count). The van der Waals surface area contributed by atoms with Gasteiger partial charge in [0, 0.05) is 67.5 Å². The van der Waals surface area contributed by atoms with E-state index in [0.717, 1.165) is 60.6 Å². The van der Waals surface area contributed by atoms with Gasteiger partial charge in [0.05, 0.1) is 12.3 Å². The highest BCUT2D eigenvalue weighted by molar-refractivity contribution is 5.71. The summed E-state index contributed by atoms with van der Waals surface area (Å²) < 4.78 is 47.7. The Kier molecular flexibility index (Phi) is 7.74. The molecule has 1 fully saturated rings. The van der Waals surface area contributed by atoms with Crippen molar-refractivity contribution in [2.24, 2.45) is 0 Å². The molecule has 41 heavy (non-hydrogen) atoms. The number of fused-ring (bicyclic) bond motifs is 1.